The normalized spacial score (nSPS) is 13.4. The van der Waals surface area contributed by atoms with Gasteiger partial charge in [-0.3, -0.25) is 19.8 Å². The van der Waals surface area contributed by atoms with Crippen molar-refractivity contribution in [3.05, 3.63) is 76.3 Å². The molecular formula is C25H26N4O4S. The summed E-state index contributed by atoms with van der Waals surface area (Å²) in [5, 5.41) is 3.47. The summed E-state index contributed by atoms with van der Waals surface area (Å²) < 4.78 is 10.6. The Morgan fingerprint density at radius 1 is 1.21 bits per heavy atom. The lowest BCUT2D eigenvalue weighted by molar-refractivity contribution is -0.120. The zero-order chi connectivity index (χ0) is 23.9. The minimum absolute atomic E-state index is 0.240. The summed E-state index contributed by atoms with van der Waals surface area (Å²) >= 11 is 1.52. The molecule has 4 rings (SSSR count). The van der Waals surface area contributed by atoms with Gasteiger partial charge in [0.1, 0.15) is 0 Å². The lowest BCUT2D eigenvalue weighted by atomic mass is 10.1. The average molecular weight is 479 g/mol. The van der Waals surface area contributed by atoms with Crippen LogP contribution >= 0.6 is 11.3 Å². The van der Waals surface area contributed by atoms with Gasteiger partial charge in [-0.2, -0.15) is 0 Å². The highest BCUT2D eigenvalue weighted by Crippen LogP contribution is 2.30. The molecule has 1 aliphatic rings. The lowest BCUT2D eigenvalue weighted by Gasteiger charge is -2.25. The Morgan fingerprint density at radius 3 is 2.79 bits per heavy atom. The maximum absolute atomic E-state index is 12.5. The SMILES string of the molecule is COc1cc(/C=C/C(=O)Nc2nc3c(s2)CN(Cc2ccccc2)CC3)ccc1OCC(N)=O. The molecule has 0 saturated carbocycles. The molecule has 1 aliphatic heterocycles. The smallest absolute Gasteiger partial charge is 0.255 e. The van der Waals surface area contributed by atoms with Crippen molar-refractivity contribution >= 4 is 34.4 Å². The number of amides is 2. The average Bonchev–Trinajstić information content (AvgIpc) is 3.23. The molecule has 0 unspecified atom stereocenters. The van der Waals surface area contributed by atoms with Crippen molar-refractivity contribution in [1.82, 2.24) is 9.88 Å². The van der Waals surface area contributed by atoms with Gasteiger partial charge < -0.3 is 15.2 Å². The summed E-state index contributed by atoms with van der Waals surface area (Å²) in [6, 6.07) is 15.5. The molecule has 0 atom stereocenters. The fourth-order valence-corrected chi connectivity index (χ4v) is 4.71. The van der Waals surface area contributed by atoms with Crippen LogP contribution in [-0.2, 0) is 29.1 Å². The lowest BCUT2D eigenvalue weighted by Crippen LogP contribution is -2.29. The van der Waals surface area contributed by atoms with E-state index in [0.29, 0.717) is 16.6 Å². The third-order valence-corrected chi connectivity index (χ3v) is 6.27. The molecule has 8 nitrogen and oxygen atoms in total. The highest BCUT2D eigenvalue weighted by molar-refractivity contribution is 7.15. The van der Waals surface area contributed by atoms with E-state index in [9.17, 15) is 9.59 Å². The number of fused-ring (bicyclic) bond motifs is 1. The van der Waals surface area contributed by atoms with Crippen molar-refractivity contribution < 1.29 is 19.1 Å². The van der Waals surface area contributed by atoms with Crippen LogP contribution in [0.25, 0.3) is 6.08 Å². The number of aromatic nitrogens is 1. The first-order chi connectivity index (χ1) is 16.5. The van der Waals surface area contributed by atoms with Gasteiger partial charge in [0.15, 0.2) is 23.2 Å². The molecule has 0 saturated heterocycles. The molecule has 2 amide bonds. The number of primary amides is 1. The van der Waals surface area contributed by atoms with Gasteiger partial charge in [0, 0.05) is 37.0 Å². The molecule has 0 radical (unpaired) electrons. The fourth-order valence-electron chi connectivity index (χ4n) is 3.65. The molecule has 176 valence electrons. The molecular weight excluding hydrogens is 452 g/mol. The van der Waals surface area contributed by atoms with Crippen LogP contribution < -0.4 is 20.5 Å². The van der Waals surface area contributed by atoms with E-state index < -0.39 is 5.91 Å². The first kappa shape index (κ1) is 23.5. The quantitative estimate of drug-likeness (QED) is 0.458. The van der Waals surface area contributed by atoms with Crippen molar-refractivity contribution in [2.75, 3.05) is 25.6 Å². The molecule has 2 heterocycles. The molecule has 34 heavy (non-hydrogen) atoms. The van der Waals surface area contributed by atoms with Crippen LogP contribution in [0.15, 0.2) is 54.6 Å². The van der Waals surface area contributed by atoms with Gasteiger partial charge in [-0.1, -0.05) is 36.4 Å². The molecule has 3 N–H and O–H groups in total. The number of thiazole rings is 1. The molecule has 0 aliphatic carbocycles. The number of hydrogen-bond donors (Lipinski definition) is 2. The molecule has 1 aromatic heterocycles. The van der Waals surface area contributed by atoms with Crippen LogP contribution in [0.5, 0.6) is 11.5 Å². The zero-order valence-electron chi connectivity index (χ0n) is 18.8. The molecule has 0 spiro atoms. The molecule has 2 aromatic carbocycles. The van der Waals surface area contributed by atoms with Crippen molar-refractivity contribution in [2.45, 2.75) is 19.5 Å². The van der Waals surface area contributed by atoms with Gasteiger partial charge in [-0.05, 0) is 29.3 Å². The van der Waals surface area contributed by atoms with E-state index in [0.717, 1.165) is 37.3 Å². The van der Waals surface area contributed by atoms with Crippen molar-refractivity contribution in [2.24, 2.45) is 5.73 Å². The predicted octanol–water partition coefficient (Wildman–Crippen LogP) is 3.23. The monoisotopic (exact) mass is 478 g/mol. The van der Waals surface area contributed by atoms with Gasteiger partial charge >= 0.3 is 0 Å². The second kappa shape index (κ2) is 11.0. The summed E-state index contributed by atoms with van der Waals surface area (Å²) in [4.78, 5) is 31.6. The summed E-state index contributed by atoms with van der Waals surface area (Å²) in [6.45, 7) is 2.44. The topological polar surface area (TPSA) is 107 Å². The summed E-state index contributed by atoms with van der Waals surface area (Å²) in [7, 11) is 1.50. The largest absolute Gasteiger partial charge is 0.493 e. The van der Waals surface area contributed by atoms with Gasteiger partial charge in [0.2, 0.25) is 5.91 Å². The molecule has 0 fully saturated rings. The summed E-state index contributed by atoms with van der Waals surface area (Å²) in [5.41, 5.74) is 8.20. The number of carbonyl (C=O) groups excluding carboxylic acids is 2. The number of benzene rings is 2. The number of nitrogens with one attached hydrogen (secondary N) is 1. The number of ether oxygens (including phenoxy) is 2. The first-order valence-corrected chi connectivity index (χ1v) is 11.6. The Labute approximate surface area is 202 Å². The van der Waals surface area contributed by atoms with E-state index in [-0.39, 0.29) is 12.5 Å². The van der Waals surface area contributed by atoms with Crippen LogP contribution in [0.4, 0.5) is 5.13 Å². The fraction of sp³-hybridized carbons (Fsp3) is 0.240. The Morgan fingerprint density at radius 2 is 2.03 bits per heavy atom. The minimum Gasteiger partial charge on any atom is -0.493 e. The van der Waals surface area contributed by atoms with Crippen molar-refractivity contribution in [3.8, 4) is 11.5 Å². The van der Waals surface area contributed by atoms with E-state index in [4.69, 9.17) is 15.2 Å². The number of carbonyl (C=O) groups is 2. The Bertz CT molecular complexity index is 1190. The van der Waals surface area contributed by atoms with Gasteiger partial charge in [0.25, 0.3) is 5.91 Å². The van der Waals surface area contributed by atoms with Crippen LogP contribution in [0.2, 0.25) is 0 Å². The van der Waals surface area contributed by atoms with Gasteiger partial charge in [-0.25, -0.2) is 4.98 Å². The van der Waals surface area contributed by atoms with E-state index in [1.807, 2.05) is 6.07 Å². The maximum atomic E-state index is 12.5. The number of methoxy groups -OCH3 is 1. The van der Waals surface area contributed by atoms with E-state index >= 15 is 0 Å². The zero-order valence-corrected chi connectivity index (χ0v) is 19.6. The van der Waals surface area contributed by atoms with Crippen molar-refractivity contribution in [3.63, 3.8) is 0 Å². The Balaban J connectivity index is 1.34. The molecule has 9 heteroatoms. The first-order valence-electron chi connectivity index (χ1n) is 10.8. The van der Waals surface area contributed by atoms with Crippen LogP contribution in [0.1, 0.15) is 21.7 Å². The number of rotatable bonds is 9. The van der Waals surface area contributed by atoms with Gasteiger partial charge in [-0.15, -0.1) is 11.3 Å². The van der Waals surface area contributed by atoms with Crippen LogP contribution in [0.3, 0.4) is 0 Å². The number of nitrogens with zero attached hydrogens (tertiary/aromatic N) is 2. The maximum Gasteiger partial charge on any atom is 0.255 e. The Kier molecular flexibility index (Phi) is 7.56. The number of anilines is 1. The molecule has 0 bridgehead atoms. The van der Waals surface area contributed by atoms with E-state index in [2.05, 4.69) is 39.5 Å². The number of hydrogen-bond acceptors (Lipinski definition) is 7. The standard InChI is InChI=1S/C25H26N4O4S/c1-32-21-13-17(7-9-20(21)33-16-23(26)30)8-10-24(31)28-25-27-19-11-12-29(15-22(19)34-25)14-18-5-3-2-4-6-18/h2-10,13H,11-12,14-16H2,1H3,(H2,26,30)(H,27,28,31)/b10-8+. The second-order valence-corrected chi connectivity index (χ2v) is 8.91. The van der Waals surface area contributed by atoms with Crippen LogP contribution in [-0.4, -0.2) is 42.0 Å². The minimum atomic E-state index is -0.574. The third-order valence-electron chi connectivity index (χ3n) is 5.27. The van der Waals surface area contributed by atoms with Crippen molar-refractivity contribution in [1.29, 1.82) is 0 Å². The predicted molar refractivity (Wildman–Crippen MR) is 132 cm³/mol. The summed E-state index contributed by atoms with van der Waals surface area (Å²) in [6.07, 6.45) is 3.99. The highest BCUT2D eigenvalue weighted by Gasteiger charge is 2.21. The summed E-state index contributed by atoms with van der Waals surface area (Å²) in [5.74, 6) is 0.00441. The van der Waals surface area contributed by atoms with E-state index in [1.165, 1.54) is 35.0 Å². The number of nitrogens with two attached hydrogens (primary N) is 1. The Hall–Kier alpha value is -3.69. The van der Waals surface area contributed by atoms with E-state index in [1.54, 1.807) is 24.3 Å². The highest BCUT2D eigenvalue weighted by atomic mass is 32.1. The molecule has 3 aromatic rings. The van der Waals surface area contributed by atoms with Crippen LogP contribution in [0, 0.1) is 0 Å². The second-order valence-electron chi connectivity index (χ2n) is 7.82. The van der Waals surface area contributed by atoms with Gasteiger partial charge in [0.05, 0.1) is 12.8 Å². The third kappa shape index (κ3) is 6.21.